The molecule has 2 N–H and O–H groups in total. The minimum Gasteiger partial charge on any atom is -0.480 e. The van der Waals surface area contributed by atoms with Crippen molar-refractivity contribution in [2.45, 2.75) is 19.8 Å². The van der Waals surface area contributed by atoms with E-state index in [9.17, 15) is 4.79 Å². The van der Waals surface area contributed by atoms with Crippen LogP contribution in [-0.4, -0.2) is 47.3 Å². The minimum atomic E-state index is -0.790. The number of carboxylic acids is 1. The van der Waals surface area contributed by atoms with Gasteiger partial charge >= 0.3 is 5.97 Å². The number of rotatable bonds is 3. The number of likely N-dealkylation sites (tertiary alicyclic amines) is 1. The highest BCUT2D eigenvalue weighted by atomic mass is 16.4. The monoisotopic (exact) mass is 187 g/mol. The minimum absolute atomic E-state index is 0.0928. The number of aliphatic carboxylic acids is 1. The number of hydrogen-bond acceptors (Lipinski definition) is 3. The van der Waals surface area contributed by atoms with Crippen LogP contribution in [0.5, 0.6) is 0 Å². The van der Waals surface area contributed by atoms with E-state index < -0.39 is 5.97 Å². The molecule has 1 unspecified atom stereocenters. The number of piperidine rings is 1. The molecule has 4 heteroatoms. The van der Waals surface area contributed by atoms with Gasteiger partial charge in [-0.15, -0.1) is 0 Å². The maximum atomic E-state index is 10.5. The van der Waals surface area contributed by atoms with Crippen molar-refractivity contribution in [3.05, 3.63) is 0 Å². The van der Waals surface area contributed by atoms with E-state index in [1.165, 1.54) is 0 Å². The maximum absolute atomic E-state index is 10.5. The standard InChI is InChI=1S/C9H17NO3/c1-9(7-11)3-2-4-10(6-9)5-8(12)13/h11H,2-7H2,1H3,(H,12,13). The lowest BCUT2D eigenvalue weighted by Gasteiger charge is -2.38. The predicted octanol–water partition coefficient (Wildman–Crippen LogP) is 0.165. The first-order valence-corrected chi connectivity index (χ1v) is 4.61. The molecule has 0 aliphatic carbocycles. The topological polar surface area (TPSA) is 60.8 Å². The first kappa shape index (κ1) is 10.5. The van der Waals surface area contributed by atoms with Gasteiger partial charge in [0.25, 0.3) is 0 Å². The summed E-state index contributed by atoms with van der Waals surface area (Å²) in [5.74, 6) is -0.790. The van der Waals surface area contributed by atoms with Gasteiger partial charge < -0.3 is 10.2 Å². The van der Waals surface area contributed by atoms with E-state index in [1.54, 1.807) is 0 Å². The fourth-order valence-corrected chi connectivity index (χ4v) is 1.88. The normalized spacial score (nSPS) is 30.3. The van der Waals surface area contributed by atoms with Crippen LogP contribution in [0.4, 0.5) is 0 Å². The molecule has 0 bridgehead atoms. The zero-order chi connectivity index (χ0) is 9.90. The summed E-state index contributed by atoms with van der Waals surface area (Å²) >= 11 is 0. The fourth-order valence-electron chi connectivity index (χ4n) is 1.88. The Balaban J connectivity index is 2.46. The summed E-state index contributed by atoms with van der Waals surface area (Å²) in [4.78, 5) is 12.4. The van der Waals surface area contributed by atoms with Crippen LogP contribution in [0.1, 0.15) is 19.8 Å². The summed E-state index contributed by atoms with van der Waals surface area (Å²) in [5, 5.41) is 17.7. The Morgan fingerprint density at radius 2 is 2.31 bits per heavy atom. The lowest BCUT2D eigenvalue weighted by Crippen LogP contribution is -2.45. The molecule has 0 aromatic rings. The van der Waals surface area contributed by atoms with Crippen molar-refractivity contribution >= 4 is 5.97 Å². The van der Waals surface area contributed by atoms with Crippen LogP contribution in [0.2, 0.25) is 0 Å². The van der Waals surface area contributed by atoms with Gasteiger partial charge in [-0.05, 0) is 19.4 Å². The number of hydrogen-bond donors (Lipinski definition) is 2. The van der Waals surface area contributed by atoms with Crippen molar-refractivity contribution in [1.82, 2.24) is 4.90 Å². The van der Waals surface area contributed by atoms with Crippen LogP contribution in [0.15, 0.2) is 0 Å². The molecule has 1 fully saturated rings. The molecule has 76 valence electrons. The third-order valence-corrected chi connectivity index (χ3v) is 2.60. The van der Waals surface area contributed by atoms with Gasteiger partial charge in [-0.3, -0.25) is 9.69 Å². The highest BCUT2D eigenvalue weighted by Crippen LogP contribution is 2.28. The smallest absolute Gasteiger partial charge is 0.317 e. The average Bonchev–Trinajstić information content (AvgIpc) is 2.03. The van der Waals surface area contributed by atoms with Crippen LogP contribution >= 0.6 is 0 Å². The zero-order valence-corrected chi connectivity index (χ0v) is 7.99. The van der Waals surface area contributed by atoms with Gasteiger partial charge in [0, 0.05) is 18.6 Å². The van der Waals surface area contributed by atoms with Gasteiger partial charge in [-0.2, -0.15) is 0 Å². The van der Waals surface area contributed by atoms with E-state index in [0.29, 0.717) is 6.54 Å². The van der Waals surface area contributed by atoms with Crippen LogP contribution < -0.4 is 0 Å². The number of carboxylic acid groups (broad SMARTS) is 1. The van der Waals surface area contributed by atoms with Crippen LogP contribution in [0.25, 0.3) is 0 Å². The summed E-state index contributed by atoms with van der Waals surface area (Å²) < 4.78 is 0. The molecule has 0 aromatic heterocycles. The second kappa shape index (κ2) is 4.07. The van der Waals surface area contributed by atoms with Crippen molar-refractivity contribution < 1.29 is 15.0 Å². The molecule has 1 aliphatic heterocycles. The lowest BCUT2D eigenvalue weighted by molar-refractivity contribution is -0.139. The Kier molecular flexibility index (Phi) is 3.27. The first-order chi connectivity index (χ1) is 6.06. The summed E-state index contributed by atoms with van der Waals surface area (Å²) in [7, 11) is 0. The third kappa shape index (κ3) is 2.97. The van der Waals surface area contributed by atoms with Crippen molar-refractivity contribution in [1.29, 1.82) is 0 Å². The molecule has 1 heterocycles. The summed E-state index contributed by atoms with van der Waals surface area (Å²) in [6.45, 7) is 3.76. The Morgan fingerprint density at radius 3 is 2.85 bits per heavy atom. The van der Waals surface area contributed by atoms with Crippen molar-refractivity contribution in [2.24, 2.45) is 5.41 Å². The Morgan fingerprint density at radius 1 is 1.62 bits per heavy atom. The molecule has 1 atom stereocenters. The second-order valence-corrected chi connectivity index (χ2v) is 4.18. The second-order valence-electron chi connectivity index (χ2n) is 4.18. The zero-order valence-electron chi connectivity index (χ0n) is 7.99. The van der Waals surface area contributed by atoms with E-state index in [0.717, 1.165) is 19.4 Å². The number of aliphatic hydroxyl groups excluding tert-OH is 1. The number of nitrogens with zero attached hydrogens (tertiary/aromatic N) is 1. The SMILES string of the molecule is CC1(CO)CCCN(CC(=O)O)C1. The van der Waals surface area contributed by atoms with Gasteiger partial charge in [0.1, 0.15) is 0 Å². The Bertz CT molecular complexity index is 195. The highest BCUT2D eigenvalue weighted by Gasteiger charge is 2.30. The molecule has 0 amide bonds. The molecular weight excluding hydrogens is 170 g/mol. The summed E-state index contributed by atoms with van der Waals surface area (Å²) in [5.41, 5.74) is -0.103. The van der Waals surface area contributed by atoms with Gasteiger partial charge in [-0.1, -0.05) is 6.92 Å². The molecule has 13 heavy (non-hydrogen) atoms. The molecule has 1 rings (SSSR count). The first-order valence-electron chi connectivity index (χ1n) is 4.61. The van der Waals surface area contributed by atoms with Crippen LogP contribution in [-0.2, 0) is 4.79 Å². The molecule has 0 saturated carbocycles. The van der Waals surface area contributed by atoms with E-state index >= 15 is 0 Å². The number of carbonyl (C=O) groups is 1. The van der Waals surface area contributed by atoms with E-state index in [-0.39, 0.29) is 18.6 Å². The quantitative estimate of drug-likeness (QED) is 0.661. The Hall–Kier alpha value is -0.610. The maximum Gasteiger partial charge on any atom is 0.317 e. The van der Waals surface area contributed by atoms with Crippen molar-refractivity contribution in [3.8, 4) is 0 Å². The molecule has 0 spiro atoms. The molecule has 1 aliphatic rings. The van der Waals surface area contributed by atoms with Gasteiger partial charge in [0.15, 0.2) is 0 Å². The molecule has 0 radical (unpaired) electrons. The van der Waals surface area contributed by atoms with E-state index in [4.69, 9.17) is 10.2 Å². The van der Waals surface area contributed by atoms with Gasteiger partial charge in [-0.25, -0.2) is 0 Å². The van der Waals surface area contributed by atoms with Crippen LogP contribution in [0.3, 0.4) is 0 Å². The average molecular weight is 187 g/mol. The summed E-state index contributed by atoms with van der Waals surface area (Å²) in [6.07, 6.45) is 1.96. The predicted molar refractivity (Wildman–Crippen MR) is 48.5 cm³/mol. The van der Waals surface area contributed by atoms with E-state index in [1.807, 2.05) is 11.8 Å². The molecule has 1 saturated heterocycles. The Labute approximate surface area is 78.2 Å². The van der Waals surface area contributed by atoms with E-state index in [2.05, 4.69) is 0 Å². The molecular formula is C9H17NO3. The molecule has 0 aromatic carbocycles. The van der Waals surface area contributed by atoms with Gasteiger partial charge in [0.2, 0.25) is 0 Å². The number of aliphatic hydroxyl groups is 1. The van der Waals surface area contributed by atoms with Gasteiger partial charge in [0.05, 0.1) is 6.54 Å². The largest absolute Gasteiger partial charge is 0.480 e. The van der Waals surface area contributed by atoms with Crippen molar-refractivity contribution in [2.75, 3.05) is 26.2 Å². The summed E-state index contributed by atoms with van der Waals surface area (Å²) in [6, 6.07) is 0. The fraction of sp³-hybridized carbons (Fsp3) is 0.889. The molecule has 4 nitrogen and oxygen atoms in total. The highest BCUT2D eigenvalue weighted by molar-refractivity contribution is 5.69. The van der Waals surface area contributed by atoms with Crippen LogP contribution in [0, 0.1) is 5.41 Å². The van der Waals surface area contributed by atoms with Crippen molar-refractivity contribution in [3.63, 3.8) is 0 Å². The third-order valence-electron chi connectivity index (χ3n) is 2.60. The lowest BCUT2D eigenvalue weighted by atomic mass is 9.83.